The Kier molecular flexibility index (Phi) is 11.8. The van der Waals surface area contributed by atoms with E-state index in [0.717, 1.165) is 50.4 Å². The third-order valence-corrected chi connectivity index (χ3v) is 4.53. The Bertz CT molecular complexity index is 880. The summed E-state index contributed by atoms with van der Waals surface area (Å²) in [5.41, 5.74) is 1.84. The van der Waals surface area contributed by atoms with Crippen molar-refractivity contribution in [2.75, 3.05) is 34.2 Å². The van der Waals surface area contributed by atoms with Gasteiger partial charge in [-0.2, -0.15) is 0 Å². The van der Waals surface area contributed by atoms with Crippen LogP contribution in [0.1, 0.15) is 28.8 Å². The van der Waals surface area contributed by atoms with E-state index in [1.165, 1.54) is 0 Å². The number of amides is 1. The molecule has 164 valence electrons. The molecule has 0 radical (unpaired) electrons. The van der Waals surface area contributed by atoms with Gasteiger partial charge in [0.2, 0.25) is 5.56 Å². The first-order valence-corrected chi connectivity index (χ1v) is 9.92. The number of carbonyl (C=O) groups excluding carboxylic acids is 1. The lowest BCUT2D eigenvalue weighted by Crippen LogP contribution is -2.38. The highest BCUT2D eigenvalue weighted by molar-refractivity contribution is 14.0. The summed E-state index contributed by atoms with van der Waals surface area (Å²) in [4.78, 5) is 29.5. The zero-order valence-corrected chi connectivity index (χ0v) is 20.3. The maximum absolute atomic E-state index is 12.1. The number of halogens is 1. The van der Waals surface area contributed by atoms with Crippen molar-refractivity contribution in [2.45, 2.75) is 25.8 Å². The normalized spacial score (nSPS) is 10.8. The van der Waals surface area contributed by atoms with Gasteiger partial charge in [0.05, 0.1) is 0 Å². The van der Waals surface area contributed by atoms with Gasteiger partial charge in [0.25, 0.3) is 5.91 Å². The quantitative estimate of drug-likeness (QED) is 0.228. The van der Waals surface area contributed by atoms with Crippen LogP contribution < -0.4 is 16.2 Å². The number of carbonyl (C=O) groups is 1. The monoisotopic (exact) mass is 525 g/mol. The second-order valence-electron chi connectivity index (χ2n) is 7.02. The van der Waals surface area contributed by atoms with Crippen LogP contribution in [0, 0.1) is 0 Å². The molecule has 8 heteroatoms. The molecule has 0 saturated heterocycles. The van der Waals surface area contributed by atoms with Crippen LogP contribution in [0.2, 0.25) is 0 Å². The smallest absolute Gasteiger partial charge is 0.253 e. The molecule has 0 aliphatic rings. The highest BCUT2D eigenvalue weighted by Gasteiger charge is 2.08. The number of pyridine rings is 1. The summed E-state index contributed by atoms with van der Waals surface area (Å²) in [7, 11) is 5.25. The zero-order valence-electron chi connectivity index (χ0n) is 17.9. The number of nitrogens with one attached hydrogen (secondary N) is 2. The third-order valence-electron chi connectivity index (χ3n) is 4.53. The molecule has 2 N–H and O–H groups in total. The number of benzene rings is 1. The Labute approximate surface area is 195 Å². The largest absolute Gasteiger partial charge is 0.356 e. The van der Waals surface area contributed by atoms with Crippen molar-refractivity contribution in [3.63, 3.8) is 0 Å². The number of aromatic nitrogens is 1. The molecule has 30 heavy (non-hydrogen) atoms. The van der Waals surface area contributed by atoms with E-state index in [1.807, 2.05) is 36.5 Å². The van der Waals surface area contributed by atoms with Crippen LogP contribution in [-0.2, 0) is 13.0 Å². The SMILES string of the molecule is CN=C(NCCCCn1ccccc1=O)NCCc1cccc(C(=O)N(C)C)c1.I. The van der Waals surface area contributed by atoms with Gasteiger partial charge in [0.1, 0.15) is 0 Å². The van der Waals surface area contributed by atoms with Crippen molar-refractivity contribution in [1.29, 1.82) is 0 Å². The number of aliphatic imine (C=N–C) groups is 1. The lowest BCUT2D eigenvalue weighted by Gasteiger charge is -2.13. The summed E-state index contributed by atoms with van der Waals surface area (Å²) in [5.74, 6) is 0.762. The molecule has 0 aliphatic heterocycles. The molecular formula is C22H32IN5O2. The summed E-state index contributed by atoms with van der Waals surface area (Å²) in [6.07, 6.45) is 4.47. The van der Waals surface area contributed by atoms with E-state index in [-0.39, 0.29) is 35.4 Å². The number of unbranched alkanes of at least 4 members (excludes halogenated alkanes) is 1. The fraction of sp³-hybridized carbons (Fsp3) is 0.409. The molecular weight excluding hydrogens is 493 g/mol. The molecule has 0 spiro atoms. The molecule has 0 saturated carbocycles. The van der Waals surface area contributed by atoms with Crippen LogP contribution in [0.4, 0.5) is 0 Å². The van der Waals surface area contributed by atoms with Crippen molar-refractivity contribution in [3.8, 4) is 0 Å². The molecule has 0 aliphatic carbocycles. The molecule has 1 heterocycles. The Balaban J connectivity index is 0.00000450. The highest BCUT2D eigenvalue weighted by atomic mass is 127. The lowest BCUT2D eigenvalue weighted by atomic mass is 10.1. The van der Waals surface area contributed by atoms with Gasteiger partial charge in [-0.05, 0) is 43.0 Å². The standard InChI is InChI=1S/C22H31N5O2.HI/c1-23-22(24-13-5-7-16-27-15-6-4-11-20(27)28)25-14-12-18-9-8-10-19(17-18)21(29)26(2)3;/h4,6,8-11,15,17H,5,7,12-14,16H2,1-3H3,(H2,23,24,25);1H. The van der Waals surface area contributed by atoms with E-state index in [0.29, 0.717) is 5.56 Å². The van der Waals surface area contributed by atoms with Gasteiger partial charge in [-0.15, -0.1) is 24.0 Å². The molecule has 1 amide bonds. The topological polar surface area (TPSA) is 78.7 Å². The lowest BCUT2D eigenvalue weighted by molar-refractivity contribution is 0.0827. The maximum atomic E-state index is 12.1. The van der Waals surface area contributed by atoms with Gasteiger partial charge >= 0.3 is 0 Å². The van der Waals surface area contributed by atoms with Gasteiger partial charge in [-0.25, -0.2) is 0 Å². The average molecular weight is 525 g/mol. The molecule has 2 rings (SSSR count). The Hall–Kier alpha value is -2.36. The Morgan fingerprint density at radius 3 is 2.53 bits per heavy atom. The summed E-state index contributed by atoms with van der Waals surface area (Å²) < 4.78 is 1.72. The van der Waals surface area contributed by atoms with E-state index in [1.54, 1.807) is 42.7 Å². The van der Waals surface area contributed by atoms with Crippen molar-refractivity contribution in [3.05, 3.63) is 70.1 Å². The molecule has 0 atom stereocenters. The minimum atomic E-state index is 0. The van der Waals surface area contributed by atoms with Crippen LogP contribution in [-0.4, -0.2) is 55.6 Å². The minimum Gasteiger partial charge on any atom is -0.356 e. The van der Waals surface area contributed by atoms with Crippen LogP contribution in [0.25, 0.3) is 0 Å². The van der Waals surface area contributed by atoms with Crippen molar-refractivity contribution >= 4 is 35.8 Å². The van der Waals surface area contributed by atoms with Gasteiger partial charge in [-0.1, -0.05) is 18.2 Å². The van der Waals surface area contributed by atoms with Gasteiger partial charge in [0, 0.05) is 58.6 Å². The third kappa shape index (κ3) is 8.56. The zero-order chi connectivity index (χ0) is 21.1. The summed E-state index contributed by atoms with van der Waals surface area (Å²) >= 11 is 0. The molecule has 1 aromatic carbocycles. The van der Waals surface area contributed by atoms with E-state index in [2.05, 4.69) is 15.6 Å². The predicted molar refractivity (Wildman–Crippen MR) is 133 cm³/mol. The summed E-state index contributed by atoms with van der Waals surface area (Å²) in [6.45, 7) is 2.22. The van der Waals surface area contributed by atoms with Crippen molar-refractivity contribution in [1.82, 2.24) is 20.1 Å². The van der Waals surface area contributed by atoms with Crippen LogP contribution in [0.3, 0.4) is 0 Å². The Morgan fingerprint density at radius 1 is 1.07 bits per heavy atom. The molecule has 0 fully saturated rings. The molecule has 0 bridgehead atoms. The number of nitrogens with zero attached hydrogens (tertiary/aromatic N) is 3. The first-order valence-electron chi connectivity index (χ1n) is 9.92. The second-order valence-corrected chi connectivity index (χ2v) is 7.02. The molecule has 2 aromatic rings. The summed E-state index contributed by atoms with van der Waals surface area (Å²) in [5, 5.41) is 6.59. The molecule has 0 unspecified atom stereocenters. The fourth-order valence-corrected chi connectivity index (χ4v) is 2.92. The average Bonchev–Trinajstić information content (AvgIpc) is 2.73. The van der Waals surface area contributed by atoms with Crippen molar-refractivity contribution in [2.24, 2.45) is 4.99 Å². The first-order chi connectivity index (χ1) is 14.0. The predicted octanol–water partition coefficient (Wildman–Crippen LogP) is 2.36. The van der Waals surface area contributed by atoms with E-state index in [4.69, 9.17) is 0 Å². The maximum Gasteiger partial charge on any atom is 0.253 e. The molecule has 1 aromatic heterocycles. The van der Waals surface area contributed by atoms with Crippen molar-refractivity contribution < 1.29 is 4.79 Å². The fourth-order valence-electron chi connectivity index (χ4n) is 2.92. The minimum absolute atomic E-state index is 0. The summed E-state index contributed by atoms with van der Waals surface area (Å²) in [6, 6.07) is 12.9. The van der Waals surface area contributed by atoms with E-state index >= 15 is 0 Å². The van der Waals surface area contributed by atoms with Gasteiger partial charge in [0.15, 0.2) is 5.96 Å². The second kappa shape index (κ2) is 13.8. The number of hydrogen-bond acceptors (Lipinski definition) is 3. The van der Waals surface area contributed by atoms with Crippen LogP contribution >= 0.6 is 24.0 Å². The number of aryl methyl sites for hydroxylation is 1. The van der Waals surface area contributed by atoms with E-state index in [9.17, 15) is 9.59 Å². The number of hydrogen-bond donors (Lipinski definition) is 2. The highest BCUT2D eigenvalue weighted by Crippen LogP contribution is 2.07. The van der Waals surface area contributed by atoms with Gasteiger partial charge in [-0.3, -0.25) is 14.6 Å². The Morgan fingerprint density at radius 2 is 1.83 bits per heavy atom. The number of rotatable bonds is 9. The van der Waals surface area contributed by atoms with Gasteiger partial charge < -0.3 is 20.1 Å². The molecule has 7 nitrogen and oxygen atoms in total. The van der Waals surface area contributed by atoms with E-state index < -0.39 is 0 Å². The van der Waals surface area contributed by atoms with Crippen LogP contribution in [0.15, 0.2) is 58.4 Å². The first kappa shape index (κ1) is 25.7. The number of guanidine groups is 1. The van der Waals surface area contributed by atoms with Crippen LogP contribution in [0.5, 0.6) is 0 Å².